The Kier molecular flexibility index (Phi) is 3.29. The van der Waals surface area contributed by atoms with E-state index < -0.39 is 11.7 Å². The van der Waals surface area contributed by atoms with E-state index in [1.54, 1.807) is 0 Å². The van der Waals surface area contributed by atoms with Gasteiger partial charge in [-0.1, -0.05) is 19.9 Å². The first-order valence-electron chi connectivity index (χ1n) is 9.36. The molecule has 1 saturated carbocycles. The number of ether oxygens (including phenoxy) is 2. The molecular weight excluding hydrogens is 304 g/mol. The smallest absolute Gasteiger partial charge is 0.193 e. The number of fused-ring (bicyclic) bond motifs is 4. The summed E-state index contributed by atoms with van der Waals surface area (Å²) in [7, 11) is 0. The van der Waals surface area contributed by atoms with Gasteiger partial charge in [-0.3, -0.25) is 4.79 Å². The lowest BCUT2D eigenvalue weighted by Gasteiger charge is -2.51. The van der Waals surface area contributed by atoms with Crippen molar-refractivity contribution in [2.24, 2.45) is 11.3 Å². The Hall–Kier alpha value is -0.710. The van der Waals surface area contributed by atoms with E-state index in [0.717, 1.165) is 32.1 Å². The van der Waals surface area contributed by atoms with Gasteiger partial charge in [-0.2, -0.15) is 0 Å². The Bertz CT molecular complexity index is 623. The number of carbonyl (C=O) groups excluding carboxylic acids is 1. The van der Waals surface area contributed by atoms with Crippen molar-refractivity contribution in [2.45, 2.75) is 95.7 Å². The van der Waals surface area contributed by atoms with E-state index in [0.29, 0.717) is 11.5 Å². The molecular formula is C20H30O4. The molecule has 0 aromatic carbocycles. The third-order valence-corrected chi connectivity index (χ3v) is 7.87. The zero-order valence-electron chi connectivity index (χ0n) is 15.5. The molecule has 4 rings (SSSR count). The maximum atomic E-state index is 13.1. The second-order valence-corrected chi connectivity index (χ2v) is 9.38. The van der Waals surface area contributed by atoms with E-state index in [4.69, 9.17) is 9.47 Å². The molecule has 1 N–H and O–H groups in total. The zero-order chi connectivity index (χ0) is 17.5. The van der Waals surface area contributed by atoms with E-state index in [-0.39, 0.29) is 28.5 Å². The quantitative estimate of drug-likeness (QED) is 0.691. The summed E-state index contributed by atoms with van der Waals surface area (Å²) in [6.07, 6.45) is 6.22. The van der Waals surface area contributed by atoms with Crippen LogP contribution in [-0.4, -0.2) is 39.9 Å². The Morgan fingerprint density at radius 3 is 2.50 bits per heavy atom. The fourth-order valence-electron chi connectivity index (χ4n) is 5.07. The average Bonchev–Trinajstić information content (AvgIpc) is 3.36. The minimum Gasteiger partial charge on any atom is -0.385 e. The van der Waals surface area contributed by atoms with E-state index in [1.165, 1.54) is 0 Å². The minimum absolute atomic E-state index is 0.0133. The molecule has 2 aliphatic heterocycles. The highest BCUT2D eigenvalue weighted by molar-refractivity contribution is 6.03. The van der Waals surface area contributed by atoms with Crippen LogP contribution in [0.1, 0.15) is 66.7 Å². The van der Waals surface area contributed by atoms with Crippen molar-refractivity contribution in [1.29, 1.82) is 0 Å². The van der Waals surface area contributed by atoms with E-state index in [1.807, 2.05) is 19.9 Å². The molecule has 7 atom stereocenters. The number of carbonyl (C=O) groups is 1. The number of aliphatic hydroxyl groups is 1. The number of Topliss-reactive ketones (excluding diaryl/α,β-unsaturated/α-hetero) is 1. The van der Waals surface area contributed by atoms with Crippen LogP contribution in [0, 0.1) is 11.3 Å². The molecule has 4 nitrogen and oxygen atoms in total. The molecule has 4 heteroatoms. The van der Waals surface area contributed by atoms with Crippen LogP contribution >= 0.6 is 0 Å². The lowest BCUT2D eigenvalue weighted by atomic mass is 9.56. The molecule has 2 saturated heterocycles. The van der Waals surface area contributed by atoms with E-state index >= 15 is 0 Å². The predicted molar refractivity (Wildman–Crippen MR) is 90.6 cm³/mol. The maximum absolute atomic E-state index is 13.1. The summed E-state index contributed by atoms with van der Waals surface area (Å²) in [6, 6.07) is 0. The normalized spacial score (nSPS) is 57.0. The van der Waals surface area contributed by atoms with Crippen molar-refractivity contribution >= 4 is 5.78 Å². The molecule has 0 unspecified atom stereocenters. The third-order valence-electron chi connectivity index (χ3n) is 7.87. The zero-order valence-corrected chi connectivity index (χ0v) is 15.5. The van der Waals surface area contributed by atoms with Crippen LogP contribution in [0.25, 0.3) is 0 Å². The van der Waals surface area contributed by atoms with Gasteiger partial charge in [0.2, 0.25) is 0 Å². The molecule has 0 radical (unpaired) electrons. The van der Waals surface area contributed by atoms with Crippen LogP contribution in [0.15, 0.2) is 11.6 Å². The summed E-state index contributed by atoms with van der Waals surface area (Å²) in [6.45, 7) is 10.3. The highest BCUT2D eigenvalue weighted by atomic mass is 16.6. The number of ketones is 1. The molecule has 2 aliphatic carbocycles. The summed E-state index contributed by atoms with van der Waals surface area (Å²) >= 11 is 0. The van der Waals surface area contributed by atoms with Gasteiger partial charge >= 0.3 is 0 Å². The first-order chi connectivity index (χ1) is 11.0. The van der Waals surface area contributed by atoms with Crippen LogP contribution in [0.2, 0.25) is 0 Å². The second kappa shape index (κ2) is 4.72. The predicted octanol–water partition coefficient (Wildman–Crippen LogP) is 3.17. The summed E-state index contributed by atoms with van der Waals surface area (Å²) in [5, 5.41) is 11.5. The molecule has 0 amide bonds. The minimum atomic E-state index is -1.13. The van der Waals surface area contributed by atoms with Gasteiger partial charge < -0.3 is 14.6 Å². The van der Waals surface area contributed by atoms with E-state index in [2.05, 4.69) is 20.8 Å². The monoisotopic (exact) mass is 334 g/mol. The van der Waals surface area contributed by atoms with Crippen LogP contribution in [-0.2, 0) is 14.3 Å². The molecule has 134 valence electrons. The van der Waals surface area contributed by atoms with Gasteiger partial charge in [0.05, 0.1) is 17.3 Å². The number of hydrogen-bond acceptors (Lipinski definition) is 4. The van der Waals surface area contributed by atoms with Crippen molar-refractivity contribution in [3.05, 3.63) is 11.6 Å². The maximum Gasteiger partial charge on any atom is 0.193 e. The van der Waals surface area contributed by atoms with Crippen molar-refractivity contribution in [2.75, 3.05) is 0 Å². The topological polar surface area (TPSA) is 62.4 Å². The SMILES string of the molecule is C[C@@H]1CC=C2C(=O)[C@H]3O[C@]3(C)CC[C@@H]3O[C@@]3(C)CC[C@@]1(C)[C@@]2(C)O. The van der Waals surface area contributed by atoms with Crippen LogP contribution in [0.3, 0.4) is 0 Å². The van der Waals surface area contributed by atoms with Gasteiger partial charge in [0.15, 0.2) is 5.78 Å². The highest BCUT2D eigenvalue weighted by Crippen LogP contribution is 2.57. The van der Waals surface area contributed by atoms with Gasteiger partial charge in [0.1, 0.15) is 11.7 Å². The molecule has 2 bridgehead atoms. The summed E-state index contributed by atoms with van der Waals surface area (Å²) in [5.74, 6) is 0.306. The van der Waals surface area contributed by atoms with Crippen molar-refractivity contribution in [3.63, 3.8) is 0 Å². The molecule has 24 heavy (non-hydrogen) atoms. The molecule has 0 aromatic heterocycles. The van der Waals surface area contributed by atoms with Crippen molar-refractivity contribution in [1.82, 2.24) is 0 Å². The molecule has 4 aliphatic rings. The number of hydrogen-bond donors (Lipinski definition) is 1. The van der Waals surface area contributed by atoms with Gasteiger partial charge in [-0.25, -0.2) is 0 Å². The fraction of sp³-hybridized carbons (Fsp3) is 0.850. The Labute approximate surface area is 144 Å². The lowest BCUT2D eigenvalue weighted by molar-refractivity contribution is -0.125. The standard InChI is InChI=1S/C20H30O4/c1-12-6-7-13-15(21)16-19(4,24-16)9-8-14-18(3,23-14)11-10-17(12,2)20(13,5)22/h7,12,14,16,22H,6,8-11H2,1-5H3/t12-,14+,16-,17-,18+,19-,20+/m1/s1. The lowest BCUT2D eigenvalue weighted by Crippen LogP contribution is -2.54. The first-order valence-corrected chi connectivity index (χ1v) is 9.36. The molecule has 0 aromatic rings. The van der Waals surface area contributed by atoms with Gasteiger partial charge in [0, 0.05) is 11.0 Å². The van der Waals surface area contributed by atoms with Crippen molar-refractivity contribution < 1.29 is 19.4 Å². The highest BCUT2D eigenvalue weighted by Gasteiger charge is 2.64. The fourth-order valence-corrected chi connectivity index (χ4v) is 5.07. The summed E-state index contributed by atoms with van der Waals surface area (Å²) < 4.78 is 11.8. The molecule has 2 heterocycles. The summed E-state index contributed by atoms with van der Waals surface area (Å²) in [4.78, 5) is 13.1. The van der Waals surface area contributed by atoms with Gasteiger partial charge in [-0.15, -0.1) is 0 Å². The van der Waals surface area contributed by atoms with Crippen molar-refractivity contribution in [3.8, 4) is 0 Å². The number of rotatable bonds is 0. The summed E-state index contributed by atoms with van der Waals surface area (Å²) in [5.41, 5.74) is -1.37. The van der Waals surface area contributed by atoms with Gasteiger partial charge in [0.25, 0.3) is 0 Å². The largest absolute Gasteiger partial charge is 0.385 e. The first kappa shape index (κ1) is 16.7. The Balaban J connectivity index is 1.74. The average molecular weight is 334 g/mol. The molecule has 0 spiro atoms. The van der Waals surface area contributed by atoms with Gasteiger partial charge in [-0.05, 0) is 58.8 Å². The van der Waals surface area contributed by atoms with Crippen LogP contribution in [0.4, 0.5) is 0 Å². The third kappa shape index (κ3) is 2.12. The molecule has 3 fully saturated rings. The number of allylic oxidation sites excluding steroid dienone is 1. The Morgan fingerprint density at radius 1 is 1.08 bits per heavy atom. The number of epoxide rings is 2. The van der Waals surface area contributed by atoms with Crippen LogP contribution in [0.5, 0.6) is 0 Å². The Morgan fingerprint density at radius 2 is 1.79 bits per heavy atom. The second-order valence-electron chi connectivity index (χ2n) is 9.38. The van der Waals surface area contributed by atoms with E-state index in [9.17, 15) is 9.90 Å². The van der Waals surface area contributed by atoms with Crippen LogP contribution < -0.4 is 0 Å².